The fourth-order valence-electron chi connectivity index (χ4n) is 1.32. The van der Waals surface area contributed by atoms with Crippen LogP contribution in [0.15, 0.2) is 0 Å². The predicted molar refractivity (Wildman–Crippen MR) is 62.3 cm³/mol. The van der Waals surface area contributed by atoms with Crippen molar-refractivity contribution in [2.45, 2.75) is 6.42 Å². The van der Waals surface area contributed by atoms with Crippen LogP contribution in [0.1, 0.15) is 6.42 Å². The van der Waals surface area contributed by atoms with E-state index in [1.165, 1.54) is 0 Å². The van der Waals surface area contributed by atoms with Crippen LogP contribution in [0.25, 0.3) is 0 Å². The second-order valence-corrected chi connectivity index (χ2v) is 6.30. The molecule has 0 aromatic rings. The highest BCUT2D eigenvalue weighted by molar-refractivity contribution is 9.09. The minimum atomic E-state index is -2.79. The summed E-state index contributed by atoms with van der Waals surface area (Å²) in [5.74, 6) is 0.476. The minimum Gasteiger partial charge on any atom is -0.306 e. The average molecular weight is 306 g/mol. The van der Waals surface area contributed by atoms with E-state index in [4.69, 9.17) is 16.1 Å². The summed E-state index contributed by atoms with van der Waals surface area (Å²) in [4.78, 5) is 0. The van der Waals surface area contributed by atoms with E-state index in [0.717, 1.165) is 18.3 Å². The summed E-state index contributed by atoms with van der Waals surface area (Å²) in [5.41, 5.74) is 0. The third kappa shape index (κ3) is 3.47. The van der Waals surface area contributed by atoms with E-state index >= 15 is 0 Å². The molecular formula is C7H15BrClN2O2P. The van der Waals surface area contributed by atoms with Crippen molar-refractivity contribution in [2.75, 3.05) is 37.5 Å². The summed E-state index contributed by atoms with van der Waals surface area (Å²) in [7, 11) is -2.79. The Balaban J connectivity index is 2.55. The Bertz CT molecular complexity index is 218. The standard InChI is InChI=1S/C7H15BrClN2O2P/c8-2-4-10-14(12)11(6-3-9)5-1-7-13-14/h1-7H2,(H,10,12). The lowest BCUT2D eigenvalue weighted by Gasteiger charge is -2.34. The van der Waals surface area contributed by atoms with Crippen LogP contribution in [0.3, 0.4) is 0 Å². The molecule has 0 radical (unpaired) electrons. The third-order valence-electron chi connectivity index (χ3n) is 1.95. The van der Waals surface area contributed by atoms with Gasteiger partial charge in [0.1, 0.15) is 0 Å². The maximum absolute atomic E-state index is 12.2. The molecule has 1 aliphatic heterocycles. The van der Waals surface area contributed by atoms with E-state index in [1.54, 1.807) is 0 Å². The number of halogens is 2. The summed E-state index contributed by atoms with van der Waals surface area (Å²) >= 11 is 8.92. The van der Waals surface area contributed by atoms with Crippen molar-refractivity contribution in [2.24, 2.45) is 0 Å². The molecule has 14 heavy (non-hydrogen) atoms. The molecule has 1 unspecified atom stereocenters. The first-order valence-corrected chi connectivity index (χ1v) is 7.83. The molecule has 1 saturated heterocycles. The molecule has 0 bridgehead atoms. The van der Waals surface area contributed by atoms with Gasteiger partial charge in [-0.05, 0) is 6.42 Å². The first-order valence-electron chi connectivity index (χ1n) is 4.60. The Kier molecular flexibility index (Phi) is 5.97. The summed E-state index contributed by atoms with van der Waals surface area (Å²) < 4.78 is 19.4. The molecule has 0 aliphatic carbocycles. The molecule has 84 valence electrons. The Morgan fingerprint density at radius 3 is 3.07 bits per heavy atom. The zero-order chi connectivity index (χ0) is 10.4. The lowest BCUT2D eigenvalue weighted by atomic mass is 10.4. The molecule has 1 N–H and O–H groups in total. The van der Waals surface area contributed by atoms with E-state index in [2.05, 4.69) is 21.0 Å². The first kappa shape index (κ1) is 12.9. The van der Waals surface area contributed by atoms with Crippen molar-refractivity contribution in [1.82, 2.24) is 9.76 Å². The van der Waals surface area contributed by atoms with Crippen molar-refractivity contribution in [3.63, 3.8) is 0 Å². The van der Waals surface area contributed by atoms with Crippen molar-refractivity contribution in [3.8, 4) is 0 Å². The lowest BCUT2D eigenvalue weighted by molar-refractivity contribution is 0.203. The van der Waals surface area contributed by atoms with Gasteiger partial charge in [0.15, 0.2) is 0 Å². The number of hydrogen-bond acceptors (Lipinski definition) is 2. The monoisotopic (exact) mass is 304 g/mol. The van der Waals surface area contributed by atoms with E-state index in [0.29, 0.717) is 25.6 Å². The molecule has 0 spiro atoms. The third-order valence-corrected chi connectivity index (χ3v) is 4.81. The molecule has 0 aromatic carbocycles. The van der Waals surface area contributed by atoms with Crippen LogP contribution in [0, 0.1) is 0 Å². The topological polar surface area (TPSA) is 41.6 Å². The van der Waals surface area contributed by atoms with Gasteiger partial charge < -0.3 is 4.52 Å². The molecule has 1 heterocycles. The van der Waals surface area contributed by atoms with E-state index in [-0.39, 0.29) is 0 Å². The fraction of sp³-hybridized carbons (Fsp3) is 1.00. The van der Waals surface area contributed by atoms with Gasteiger partial charge in [0.25, 0.3) is 0 Å². The number of nitrogens with zero attached hydrogens (tertiary/aromatic N) is 1. The summed E-state index contributed by atoms with van der Waals surface area (Å²) in [5, 5.41) is 3.70. The highest BCUT2D eigenvalue weighted by Crippen LogP contribution is 2.48. The molecule has 1 rings (SSSR count). The van der Waals surface area contributed by atoms with Gasteiger partial charge in [-0.25, -0.2) is 9.76 Å². The van der Waals surface area contributed by atoms with Crippen molar-refractivity contribution < 1.29 is 9.09 Å². The second-order valence-electron chi connectivity index (χ2n) is 2.95. The van der Waals surface area contributed by atoms with Crippen LogP contribution in [-0.2, 0) is 9.09 Å². The van der Waals surface area contributed by atoms with Crippen LogP contribution >= 0.6 is 35.2 Å². The SMILES string of the molecule is O=P1(NCCBr)OCCCN1CCCl. The Morgan fingerprint density at radius 1 is 1.64 bits per heavy atom. The van der Waals surface area contributed by atoms with Crippen LogP contribution in [0.4, 0.5) is 0 Å². The largest absolute Gasteiger partial charge is 0.343 e. The molecular weight excluding hydrogens is 290 g/mol. The van der Waals surface area contributed by atoms with Crippen LogP contribution < -0.4 is 5.09 Å². The van der Waals surface area contributed by atoms with Gasteiger partial charge in [-0.3, -0.25) is 4.57 Å². The highest BCUT2D eigenvalue weighted by atomic mass is 79.9. The van der Waals surface area contributed by atoms with E-state index in [9.17, 15) is 4.57 Å². The van der Waals surface area contributed by atoms with Crippen molar-refractivity contribution in [1.29, 1.82) is 0 Å². The van der Waals surface area contributed by atoms with Gasteiger partial charge in [-0.2, -0.15) is 0 Å². The van der Waals surface area contributed by atoms with Crippen LogP contribution in [-0.4, -0.2) is 42.1 Å². The fourth-order valence-corrected chi connectivity index (χ4v) is 4.14. The van der Waals surface area contributed by atoms with Gasteiger partial charge in [-0.1, -0.05) is 15.9 Å². The predicted octanol–water partition coefficient (Wildman–Crippen LogP) is 2.04. The normalized spacial score (nSPS) is 29.3. The summed E-state index contributed by atoms with van der Waals surface area (Å²) in [6, 6.07) is 0. The Labute approximate surface area is 98.0 Å². The average Bonchev–Trinajstić information content (AvgIpc) is 2.19. The molecule has 1 aliphatic rings. The molecule has 0 amide bonds. The number of alkyl halides is 2. The van der Waals surface area contributed by atoms with Gasteiger partial charge in [0.05, 0.1) is 6.61 Å². The van der Waals surface area contributed by atoms with Gasteiger partial charge in [-0.15, -0.1) is 11.6 Å². The quantitative estimate of drug-likeness (QED) is 0.623. The summed E-state index contributed by atoms with van der Waals surface area (Å²) in [6.45, 7) is 2.59. The van der Waals surface area contributed by atoms with Crippen molar-refractivity contribution >= 4 is 35.2 Å². The molecule has 0 aromatic heterocycles. The first-order chi connectivity index (χ1) is 6.73. The maximum atomic E-state index is 12.2. The smallest absolute Gasteiger partial charge is 0.306 e. The van der Waals surface area contributed by atoms with E-state index in [1.807, 2.05) is 4.67 Å². The van der Waals surface area contributed by atoms with Gasteiger partial charge >= 0.3 is 7.67 Å². The number of hydrogen-bond donors (Lipinski definition) is 1. The number of rotatable bonds is 5. The second kappa shape index (κ2) is 6.46. The number of nitrogens with one attached hydrogen (secondary N) is 1. The molecule has 1 atom stereocenters. The summed E-state index contributed by atoms with van der Waals surface area (Å²) in [6.07, 6.45) is 0.914. The van der Waals surface area contributed by atoms with Crippen LogP contribution in [0.5, 0.6) is 0 Å². The Morgan fingerprint density at radius 2 is 2.43 bits per heavy atom. The van der Waals surface area contributed by atoms with Crippen molar-refractivity contribution in [3.05, 3.63) is 0 Å². The molecule has 7 heteroatoms. The lowest BCUT2D eigenvalue weighted by Crippen LogP contribution is -2.36. The molecule has 1 fully saturated rings. The Hall–Kier alpha value is 0.880. The van der Waals surface area contributed by atoms with Gasteiger partial charge in [0, 0.05) is 30.8 Å². The molecule has 4 nitrogen and oxygen atoms in total. The van der Waals surface area contributed by atoms with Crippen LogP contribution in [0.2, 0.25) is 0 Å². The van der Waals surface area contributed by atoms with E-state index < -0.39 is 7.67 Å². The molecule has 0 saturated carbocycles. The maximum Gasteiger partial charge on any atom is 0.343 e. The zero-order valence-corrected chi connectivity index (χ0v) is 11.2. The van der Waals surface area contributed by atoms with Gasteiger partial charge in [0.2, 0.25) is 0 Å². The minimum absolute atomic E-state index is 0.476. The highest BCUT2D eigenvalue weighted by Gasteiger charge is 2.33. The zero-order valence-electron chi connectivity index (χ0n) is 7.92.